The van der Waals surface area contributed by atoms with Crippen molar-refractivity contribution in [1.82, 2.24) is 5.32 Å². The Labute approximate surface area is 115 Å². The molecular formula is C15H14FNO3. The maximum Gasteiger partial charge on any atom is 0.255 e. The number of aromatic hydroxyl groups is 1. The van der Waals surface area contributed by atoms with E-state index in [1.807, 2.05) is 18.2 Å². The first kappa shape index (κ1) is 13.9. The number of phenols is 1. The van der Waals surface area contributed by atoms with Gasteiger partial charge in [0.1, 0.15) is 23.9 Å². The number of amides is 1. The number of carbonyl (C=O) groups is 1. The quantitative estimate of drug-likeness (QED) is 0.823. The Morgan fingerprint density at radius 1 is 1.20 bits per heavy atom. The van der Waals surface area contributed by atoms with Crippen LogP contribution in [0.3, 0.4) is 0 Å². The lowest BCUT2D eigenvalue weighted by atomic mass is 10.2. The fraction of sp³-hybridized carbons (Fsp3) is 0.133. The normalized spacial score (nSPS) is 10.1. The van der Waals surface area contributed by atoms with Crippen molar-refractivity contribution in [3.8, 4) is 11.5 Å². The third-order valence-electron chi connectivity index (χ3n) is 2.60. The Morgan fingerprint density at radius 3 is 2.70 bits per heavy atom. The Morgan fingerprint density at radius 2 is 1.95 bits per heavy atom. The molecule has 0 saturated heterocycles. The Balaban J connectivity index is 1.82. The summed E-state index contributed by atoms with van der Waals surface area (Å²) in [5, 5.41) is 12.0. The first-order valence-corrected chi connectivity index (χ1v) is 6.11. The number of phenolic OH excluding ortho intramolecular Hbond substituents is 1. The van der Waals surface area contributed by atoms with Gasteiger partial charge in [0.15, 0.2) is 0 Å². The molecular weight excluding hydrogens is 261 g/mol. The molecule has 104 valence electrons. The van der Waals surface area contributed by atoms with Crippen LogP contribution in [0.2, 0.25) is 0 Å². The van der Waals surface area contributed by atoms with Gasteiger partial charge < -0.3 is 15.2 Å². The predicted molar refractivity (Wildman–Crippen MR) is 72.3 cm³/mol. The van der Waals surface area contributed by atoms with E-state index in [9.17, 15) is 14.3 Å². The Hall–Kier alpha value is -2.56. The lowest BCUT2D eigenvalue weighted by molar-refractivity contribution is 0.0944. The number of nitrogens with one attached hydrogen (secondary N) is 1. The fourth-order valence-electron chi connectivity index (χ4n) is 1.64. The van der Waals surface area contributed by atoms with Crippen molar-refractivity contribution in [3.05, 3.63) is 59.9 Å². The second-order valence-electron chi connectivity index (χ2n) is 4.08. The highest BCUT2D eigenvalue weighted by atomic mass is 19.1. The van der Waals surface area contributed by atoms with Gasteiger partial charge in [-0.25, -0.2) is 4.39 Å². The average Bonchev–Trinajstić information content (AvgIpc) is 2.47. The van der Waals surface area contributed by atoms with Crippen LogP contribution in [0.15, 0.2) is 48.5 Å². The van der Waals surface area contributed by atoms with Crippen molar-refractivity contribution in [1.29, 1.82) is 0 Å². The van der Waals surface area contributed by atoms with Gasteiger partial charge in [-0.15, -0.1) is 0 Å². The zero-order valence-electron chi connectivity index (χ0n) is 10.7. The molecule has 1 amide bonds. The van der Waals surface area contributed by atoms with Crippen molar-refractivity contribution in [2.45, 2.75) is 0 Å². The number of benzene rings is 2. The van der Waals surface area contributed by atoms with Gasteiger partial charge in [0.05, 0.1) is 12.1 Å². The first-order chi connectivity index (χ1) is 9.66. The minimum absolute atomic E-state index is 0.0929. The van der Waals surface area contributed by atoms with Gasteiger partial charge >= 0.3 is 0 Å². The van der Waals surface area contributed by atoms with Crippen molar-refractivity contribution in [2.75, 3.05) is 13.2 Å². The SMILES string of the molecule is O=C(NCCOc1ccccc1)c1cc(F)ccc1O. The van der Waals surface area contributed by atoms with Gasteiger partial charge in [0, 0.05) is 0 Å². The van der Waals surface area contributed by atoms with Crippen LogP contribution in [-0.4, -0.2) is 24.2 Å². The van der Waals surface area contributed by atoms with Crippen molar-refractivity contribution in [2.24, 2.45) is 0 Å². The molecule has 2 N–H and O–H groups in total. The average molecular weight is 275 g/mol. The molecule has 0 unspecified atom stereocenters. The Kier molecular flexibility index (Phi) is 4.55. The van der Waals surface area contributed by atoms with Gasteiger partial charge in [-0.3, -0.25) is 4.79 Å². The van der Waals surface area contributed by atoms with Crippen LogP contribution in [0.4, 0.5) is 4.39 Å². The summed E-state index contributed by atoms with van der Waals surface area (Å²) in [6.07, 6.45) is 0. The molecule has 2 aromatic rings. The third-order valence-corrected chi connectivity index (χ3v) is 2.60. The molecule has 4 nitrogen and oxygen atoms in total. The third kappa shape index (κ3) is 3.71. The maximum atomic E-state index is 13.0. The van der Waals surface area contributed by atoms with Crippen LogP contribution in [0.5, 0.6) is 11.5 Å². The van der Waals surface area contributed by atoms with Crippen LogP contribution >= 0.6 is 0 Å². The van der Waals surface area contributed by atoms with E-state index in [1.165, 1.54) is 0 Å². The van der Waals surface area contributed by atoms with E-state index in [4.69, 9.17) is 4.74 Å². The molecule has 0 bridgehead atoms. The van der Waals surface area contributed by atoms with E-state index in [-0.39, 0.29) is 24.5 Å². The summed E-state index contributed by atoms with van der Waals surface area (Å²) in [6, 6.07) is 12.4. The molecule has 0 aromatic heterocycles. The monoisotopic (exact) mass is 275 g/mol. The summed E-state index contributed by atoms with van der Waals surface area (Å²) in [4.78, 5) is 11.7. The molecule has 2 aromatic carbocycles. The maximum absolute atomic E-state index is 13.0. The summed E-state index contributed by atoms with van der Waals surface area (Å²) in [6.45, 7) is 0.537. The largest absolute Gasteiger partial charge is 0.507 e. The van der Waals surface area contributed by atoms with Crippen LogP contribution < -0.4 is 10.1 Å². The van der Waals surface area contributed by atoms with Crippen molar-refractivity contribution >= 4 is 5.91 Å². The minimum atomic E-state index is -0.575. The minimum Gasteiger partial charge on any atom is -0.507 e. The zero-order valence-corrected chi connectivity index (χ0v) is 10.7. The van der Waals surface area contributed by atoms with E-state index >= 15 is 0 Å². The standard InChI is InChI=1S/C15H14FNO3/c16-11-6-7-14(18)13(10-11)15(19)17-8-9-20-12-4-2-1-3-5-12/h1-7,10,18H,8-9H2,(H,17,19). The fourth-order valence-corrected chi connectivity index (χ4v) is 1.64. The molecule has 0 aliphatic heterocycles. The van der Waals surface area contributed by atoms with E-state index in [0.717, 1.165) is 18.2 Å². The van der Waals surface area contributed by atoms with E-state index < -0.39 is 11.7 Å². The van der Waals surface area contributed by atoms with Crippen LogP contribution in [0.1, 0.15) is 10.4 Å². The number of para-hydroxylation sites is 1. The molecule has 0 fully saturated rings. The molecule has 5 heteroatoms. The summed E-state index contributed by atoms with van der Waals surface area (Å²) in [7, 11) is 0. The lowest BCUT2D eigenvalue weighted by Gasteiger charge is -2.08. The van der Waals surface area contributed by atoms with Crippen LogP contribution in [0, 0.1) is 5.82 Å². The van der Waals surface area contributed by atoms with E-state index in [0.29, 0.717) is 5.75 Å². The summed E-state index contributed by atoms with van der Waals surface area (Å²) in [5.41, 5.74) is -0.0929. The van der Waals surface area contributed by atoms with Gasteiger partial charge in [-0.1, -0.05) is 18.2 Å². The molecule has 0 heterocycles. The molecule has 0 radical (unpaired) electrons. The molecule has 0 atom stereocenters. The summed E-state index contributed by atoms with van der Waals surface area (Å²) in [5.74, 6) is -0.671. The van der Waals surface area contributed by atoms with Crippen LogP contribution in [0.25, 0.3) is 0 Å². The first-order valence-electron chi connectivity index (χ1n) is 6.11. The van der Waals surface area contributed by atoms with Gasteiger partial charge in [0.25, 0.3) is 5.91 Å². The smallest absolute Gasteiger partial charge is 0.255 e. The molecule has 0 aliphatic rings. The number of halogens is 1. The van der Waals surface area contributed by atoms with Gasteiger partial charge in [-0.05, 0) is 30.3 Å². The number of hydrogen-bond donors (Lipinski definition) is 2. The van der Waals surface area contributed by atoms with Crippen molar-refractivity contribution < 1.29 is 19.0 Å². The zero-order chi connectivity index (χ0) is 14.4. The number of ether oxygens (including phenoxy) is 1. The molecule has 0 aliphatic carbocycles. The Bertz CT molecular complexity index is 587. The second-order valence-corrected chi connectivity index (χ2v) is 4.08. The predicted octanol–water partition coefficient (Wildman–Crippen LogP) is 2.34. The topological polar surface area (TPSA) is 58.6 Å². The number of carbonyl (C=O) groups excluding carboxylic acids is 1. The van der Waals surface area contributed by atoms with E-state index in [1.54, 1.807) is 12.1 Å². The van der Waals surface area contributed by atoms with Gasteiger partial charge in [0.2, 0.25) is 0 Å². The van der Waals surface area contributed by atoms with Gasteiger partial charge in [-0.2, -0.15) is 0 Å². The van der Waals surface area contributed by atoms with E-state index in [2.05, 4.69) is 5.32 Å². The molecule has 2 rings (SSSR count). The summed E-state index contributed by atoms with van der Waals surface area (Å²) < 4.78 is 18.4. The molecule has 0 saturated carbocycles. The second kappa shape index (κ2) is 6.56. The molecule has 20 heavy (non-hydrogen) atoms. The highest BCUT2D eigenvalue weighted by Crippen LogP contribution is 2.17. The highest BCUT2D eigenvalue weighted by Gasteiger charge is 2.11. The number of hydrogen-bond acceptors (Lipinski definition) is 3. The number of rotatable bonds is 5. The van der Waals surface area contributed by atoms with Crippen molar-refractivity contribution in [3.63, 3.8) is 0 Å². The summed E-state index contributed by atoms with van der Waals surface area (Å²) >= 11 is 0. The van der Waals surface area contributed by atoms with Crippen LogP contribution in [-0.2, 0) is 0 Å². The lowest BCUT2D eigenvalue weighted by Crippen LogP contribution is -2.28. The molecule has 0 spiro atoms. The highest BCUT2D eigenvalue weighted by molar-refractivity contribution is 5.96.